The number of para-hydroxylation sites is 2. The second-order valence-electron chi connectivity index (χ2n) is 10.3. The molecule has 0 radical (unpaired) electrons. The van der Waals surface area contributed by atoms with Crippen LogP contribution in [0, 0.1) is 5.41 Å². The minimum Gasteiger partial charge on any atom is -0.390 e. The second-order valence-corrected chi connectivity index (χ2v) is 10.3. The van der Waals surface area contributed by atoms with E-state index in [1.807, 2.05) is 19.2 Å². The van der Waals surface area contributed by atoms with E-state index < -0.39 is 0 Å². The van der Waals surface area contributed by atoms with Crippen LogP contribution in [0.5, 0.6) is 0 Å². The summed E-state index contributed by atoms with van der Waals surface area (Å²) in [4.78, 5) is 9.30. The molecule has 1 saturated heterocycles. The summed E-state index contributed by atoms with van der Waals surface area (Å²) in [6.07, 6.45) is 3.20. The van der Waals surface area contributed by atoms with Crippen molar-refractivity contribution in [3.8, 4) is 0 Å². The first-order chi connectivity index (χ1) is 16.1. The second kappa shape index (κ2) is 11.3. The highest BCUT2D eigenvalue weighted by Crippen LogP contribution is 2.28. The van der Waals surface area contributed by atoms with Crippen LogP contribution in [-0.4, -0.2) is 79.9 Å². The lowest BCUT2D eigenvalue weighted by Gasteiger charge is -2.48. The summed E-state index contributed by atoms with van der Waals surface area (Å²) in [5, 5.41) is 13.9. The molecule has 0 saturated carbocycles. The molecule has 10 N–H and O–H groups in total. The summed E-state index contributed by atoms with van der Waals surface area (Å²) in [6.45, 7) is 11.7. The predicted molar refractivity (Wildman–Crippen MR) is 142 cm³/mol. The summed E-state index contributed by atoms with van der Waals surface area (Å²) in [5.74, 6) is 0.818. The number of fused-ring (bicyclic) bond motifs is 1. The summed E-state index contributed by atoms with van der Waals surface area (Å²) in [6, 6.07) is 8.22. The topological polar surface area (TPSA) is 145 Å². The Balaban J connectivity index is 1.74. The van der Waals surface area contributed by atoms with E-state index in [0.29, 0.717) is 0 Å². The molecule has 2 aliphatic heterocycles. The number of nitrogens with one attached hydrogen (secondary N) is 4. The first kappa shape index (κ1) is 26.1. The van der Waals surface area contributed by atoms with Gasteiger partial charge in [0.15, 0.2) is 6.29 Å². The lowest BCUT2D eigenvalue weighted by atomic mass is 9.87. The molecule has 2 aliphatic rings. The third-order valence-electron chi connectivity index (χ3n) is 6.72. The van der Waals surface area contributed by atoms with Gasteiger partial charge in [0.25, 0.3) is 0 Å². The van der Waals surface area contributed by atoms with E-state index in [1.54, 1.807) is 0 Å². The van der Waals surface area contributed by atoms with Crippen molar-refractivity contribution in [3.05, 3.63) is 36.2 Å². The average Bonchev–Trinajstić information content (AvgIpc) is 2.81. The monoisotopic (exact) mass is 472 g/mol. The van der Waals surface area contributed by atoms with Gasteiger partial charge in [-0.05, 0) is 30.5 Å². The number of hydrogen-bond acceptors (Lipinski definition) is 9. The molecule has 10 heteroatoms. The van der Waals surface area contributed by atoms with E-state index >= 15 is 0 Å². The average molecular weight is 473 g/mol. The molecule has 190 valence electrons. The van der Waals surface area contributed by atoms with Gasteiger partial charge in [-0.2, -0.15) is 0 Å². The fourth-order valence-electron chi connectivity index (χ4n) is 4.38. The van der Waals surface area contributed by atoms with Crippen LogP contribution in [-0.2, 0) is 0 Å². The maximum Gasteiger partial charge on any atom is 0.179 e. The number of nitrogens with two attached hydrogens (primary N) is 3. The van der Waals surface area contributed by atoms with Gasteiger partial charge in [-0.3, -0.25) is 9.80 Å². The van der Waals surface area contributed by atoms with Crippen LogP contribution in [0.15, 0.2) is 41.2 Å². The minimum atomic E-state index is -0.354. The fourth-order valence-corrected chi connectivity index (χ4v) is 4.38. The molecule has 0 bridgehead atoms. The summed E-state index contributed by atoms with van der Waals surface area (Å²) in [5.41, 5.74) is 20.9. The Morgan fingerprint density at radius 3 is 2.53 bits per heavy atom. The normalized spacial score (nSPS) is 25.1. The van der Waals surface area contributed by atoms with Gasteiger partial charge in [-0.15, -0.1) is 0 Å². The highest BCUT2D eigenvalue weighted by molar-refractivity contribution is 5.70. The number of nitrogens with zero attached hydrogens (tertiary/aromatic N) is 3. The third kappa shape index (κ3) is 6.32. The number of hydrogen-bond donors (Lipinski definition) is 7. The van der Waals surface area contributed by atoms with Crippen LogP contribution in [0.2, 0.25) is 0 Å². The van der Waals surface area contributed by atoms with Gasteiger partial charge < -0.3 is 38.5 Å². The van der Waals surface area contributed by atoms with E-state index in [0.717, 1.165) is 43.4 Å². The first-order valence-electron chi connectivity index (χ1n) is 12.1. The lowest BCUT2D eigenvalue weighted by molar-refractivity contribution is 0.0131. The van der Waals surface area contributed by atoms with Gasteiger partial charge in [-0.1, -0.05) is 32.9 Å². The SMILES string of the molecule is CN/C(=C\C(N)C(C)(C)C)NC(N=CN)N1CCN(C2CNc3ccccc3N2)CC1C(C)N. The van der Waals surface area contributed by atoms with Gasteiger partial charge in [0, 0.05) is 51.4 Å². The zero-order valence-electron chi connectivity index (χ0n) is 21.3. The first-order valence-corrected chi connectivity index (χ1v) is 12.1. The molecule has 2 heterocycles. The molecular weight excluding hydrogens is 428 g/mol. The molecule has 1 aromatic carbocycles. The molecule has 0 aliphatic carbocycles. The number of aliphatic imine (C=N–C) groups is 1. The largest absolute Gasteiger partial charge is 0.390 e. The summed E-state index contributed by atoms with van der Waals surface area (Å²) in [7, 11) is 1.87. The van der Waals surface area contributed by atoms with Crippen molar-refractivity contribution >= 4 is 17.7 Å². The maximum absolute atomic E-state index is 6.50. The van der Waals surface area contributed by atoms with Gasteiger partial charge >= 0.3 is 0 Å². The predicted octanol–water partition coefficient (Wildman–Crippen LogP) is 0.478. The van der Waals surface area contributed by atoms with Crippen LogP contribution in [0.4, 0.5) is 11.4 Å². The lowest BCUT2D eigenvalue weighted by Crippen LogP contribution is -2.66. The minimum absolute atomic E-state index is 0.0530. The Kier molecular flexibility index (Phi) is 8.64. The standard InChI is InChI=1S/C24H44N10/c1-16(26)19-14-33(22-13-29-17-8-6-7-9-18(17)31-22)10-11-34(19)23(30-15-25)32-21(28-5)12-20(27)24(2,3)4/h6-9,12,15-16,19-20,22-23,28-29,31-32H,10-11,13-14,26-27H2,1-5H3,(H2,25,30)/b21-12+. The molecule has 10 nitrogen and oxygen atoms in total. The fraction of sp³-hybridized carbons (Fsp3) is 0.625. The zero-order valence-corrected chi connectivity index (χ0v) is 21.3. The van der Waals surface area contributed by atoms with Crippen molar-refractivity contribution in [1.82, 2.24) is 20.4 Å². The molecule has 1 fully saturated rings. The maximum atomic E-state index is 6.50. The molecule has 3 rings (SSSR count). The van der Waals surface area contributed by atoms with Crippen molar-refractivity contribution < 1.29 is 0 Å². The number of benzene rings is 1. The van der Waals surface area contributed by atoms with Crippen molar-refractivity contribution in [3.63, 3.8) is 0 Å². The highest BCUT2D eigenvalue weighted by atomic mass is 15.5. The van der Waals surface area contributed by atoms with Crippen LogP contribution < -0.4 is 38.5 Å². The molecule has 34 heavy (non-hydrogen) atoms. The molecule has 1 aromatic rings. The van der Waals surface area contributed by atoms with Crippen molar-refractivity contribution in [2.24, 2.45) is 27.6 Å². The summed E-state index contributed by atoms with van der Waals surface area (Å²) < 4.78 is 0. The van der Waals surface area contributed by atoms with E-state index in [4.69, 9.17) is 17.2 Å². The van der Waals surface area contributed by atoms with Crippen LogP contribution in [0.1, 0.15) is 27.7 Å². The Morgan fingerprint density at radius 1 is 1.21 bits per heavy atom. The Morgan fingerprint density at radius 2 is 1.91 bits per heavy atom. The van der Waals surface area contributed by atoms with Crippen molar-refractivity contribution in [1.29, 1.82) is 0 Å². The van der Waals surface area contributed by atoms with Gasteiger partial charge in [-0.25, -0.2) is 4.99 Å². The molecule has 0 aromatic heterocycles. The van der Waals surface area contributed by atoms with Crippen molar-refractivity contribution in [2.75, 3.05) is 43.9 Å². The number of anilines is 2. The zero-order chi connectivity index (χ0) is 24.9. The molecule has 0 amide bonds. The Hall–Kier alpha value is -2.53. The van der Waals surface area contributed by atoms with Gasteiger partial charge in [0.05, 0.1) is 29.7 Å². The Bertz CT molecular complexity index is 846. The molecular formula is C24H44N10. The Labute approximate surface area is 204 Å². The van der Waals surface area contributed by atoms with E-state index in [2.05, 4.69) is 82.0 Å². The van der Waals surface area contributed by atoms with Crippen molar-refractivity contribution in [2.45, 2.75) is 58.3 Å². The molecule has 5 atom stereocenters. The highest BCUT2D eigenvalue weighted by Gasteiger charge is 2.37. The van der Waals surface area contributed by atoms with Crippen LogP contribution >= 0.6 is 0 Å². The van der Waals surface area contributed by atoms with E-state index in [1.165, 1.54) is 6.34 Å². The smallest absolute Gasteiger partial charge is 0.179 e. The quantitative estimate of drug-likeness (QED) is 0.212. The molecule has 0 spiro atoms. The van der Waals surface area contributed by atoms with Crippen LogP contribution in [0.25, 0.3) is 0 Å². The van der Waals surface area contributed by atoms with E-state index in [-0.39, 0.29) is 36.0 Å². The summed E-state index contributed by atoms with van der Waals surface area (Å²) >= 11 is 0. The van der Waals surface area contributed by atoms with Crippen LogP contribution in [0.3, 0.4) is 0 Å². The van der Waals surface area contributed by atoms with Gasteiger partial charge in [0.1, 0.15) is 0 Å². The number of piperazine rings is 1. The van der Waals surface area contributed by atoms with Gasteiger partial charge in [0.2, 0.25) is 0 Å². The molecule has 5 unspecified atom stereocenters. The third-order valence-corrected chi connectivity index (χ3v) is 6.72. The number of rotatable bonds is 8. The van der Waals surface area contributed by atoms with E-state index in [9.17, 15) is 0 Å².